The second-order valence-corrected chi connectivity index (χ2v) is 6.78. The van der Waals surface area contributed by atoms with Crippen molar-refractivity contribution in [3.63, 3.8) is 0 Å². The van der Waals surface area contributed by atoms with Crippen LogP contribution in [0.2, 0.25) is 0 Å². The van der Waals surface area contributed by atoms with Gasteiger partial charge in [0.05, 0.1) is 11.9 Å². The highest BCUT2D eigenvalue weighted by molar-refractivity contribution is 7.91. The van der Waals surface area contributed by atoms with Gasteiger partial charge in [-0.25, -0.2) is 18.5 Å². The molecule has 0 aromatic carbocycles. The van der Waals surface area contributed by atoms with Crippen molar-refractivity contribution >= 4 is 32.3 Å². The van der Waals surface area contributed by atoms with Gasteiger partial charge in [-0.3, -0.25) is 4.79 Å². The van der Waals surface area contributed by atoms with Crippen LogP contribution >= 0.6 is 11.3 Å². The van der Waals surface area contributed by atoms with Crippen molar-refractivity contribution in [3.8, 4) is 0 Å². The maximum Gasteiger partial charge on any atom is 0.265 e. The minimum atomic E-state index is -3.83. The largest absolute Gasteiger partial charge is 0.316 e. The molecule has 0 radical (unpaired) electrons. The number of nitrogens with zero attached hydrogens (tertiary/aromatic N) is 3. The highest BCUT2D eigenvalue weighted by atomic mass is 32.2. The first kappa shape index (κ1) is 17.4. The number of azo groups is 1. The molecular formula is C11H17N5O3S2. The van der Waals surface area contributed by atoms with Gasteiger partial charge < -0.3 is 5.32 Å². The molecule has 1 aromatic rings. The molecule has 0 aliphatic heterocycles. The molecule has 21 heavy (non-hydrogen) atoms. The molecule has 1 amide bonds. The summed E-state index contributed by atoms with van der Waals surface area (Å²) in [6.45, 7) is 1.86. The van der Waals surface area contributed by atoms with Gasteiger partial charge in [-0.05, 0) is 19.8 Å². The molecule has 0 aliphatic rings. The molecule has 0 fully saturated rings. The van der Waals surface area contributed by atoms with Crippen molar-refractivity contribution in [2.24, 2.45) is 15.4 Å². The Morgan fingerprint density at radius 1 is 1.52 bits per heavy atom. The third-order valence-corrected chi connectivity index (χ3v) is 4.64. The maximum atomic E-state index is 11.7. The normalized spacial score (nSPS) is 12.8. The van der Waals surface area contributed by atoms with Crippen molar-refractivity contribution in [1.82, 2.24) is 4.98 Å². The Hall–Kier alpha value is -1.65. The number of anilines is 1. The summed E-state index contributed by atoms with van der Waals surface area (Å²) >= 11 is 0.820. The Bertz CT molecular complexity index is 649. The number of aromatic nitrogens is 1. The molecule has 0 bridgehead atoms. The molecule has 0 atom stereocenters. The minimum Gasteiger partial charge on any atom is -0.316 e. The third-order valence-electron chi connectivity index (χ3n) is 2.39. The van der Waals surface area contributed by atoms with E-state index in [1.54, 1.807) is 7.05 Å². The highest BCUT2D eigenvalue weighted by Crippen LogP contribution is 2.22. The van der Waals surface area contributed by atoms with E-state index in [4.69, 9.17) is 5.14 Å². The van der Waals surface area contributed by atoms with Crippen LogP contribution in [-0.2, 0) is 14.8 Å². The predicted octanol–water partition coefficient (Wildman–Crippen LogP) is 1.89. The molecule has 116 valence electrons. The summed E-state index contributed by atoms with van der Waals surface area (Å²) in [6, 6.07) is 0. The molecule has 0 saturated heterocycles. The standard InChI is InChI=1S/C11H17N5O3S2/c1-3-8(16-13-2)5-4-6-9(17)15-10-7-14-11(20-10)21(12,18)19/h3,7H,4-6H2,1-2H3,(H,15,17)(H2,12,18,19)/b8-3-,16-13?. The number of rotatable bonds is 7. The van der Waals surface area contributed by atoms with Crippen molar-refractivity contribution in [2.75, 3.05) is 12.4 Å². The van der Waals surface area contributed by atoms with E-state index in [0.717, 1.165) is 17.0 Å². The third kappa shape index (κ3) is 6.10. The zero-order valence-electron chi connectivity index (χ0n) is 11.7. The average molecular weight is 331 g/mol. The maximum absolute atomic E-state index is 11.7. The van der Waals surface area contributed by atoms with Crippen LogP contribution in [-0.4, -0.2) is 26.4 Å². The minimum absolute atomic E-state index is 0.219. The van der Waals surface area contributed by atoms with Crippen molar-refractivity contribution in [2.45, 2.75) is 30.5 Å². The average Bonchev–Trinajstić information content (AvgIpc) is 2.86. The lowest BCUT2D eigenvalue weighted by atomic mass is 10.2. The van der Waals surface area contributed by atoms with E-state index in [1.165, 1.54) is 6.20 Å². The van der Waals surface area contributed by atoms with Crippen LogP contribution in [0.25, 0.3) is 0 Å². The number of amides is 1. The summed E-state index contributed by atoms with van der Waals surface area (Å²) in [5.74, 6) is -0.219. The molecule has 8 nitrogen and oxygen atoms in total. The van der Waals surface area contributed by atoms with E-state index >= 15 is 0 Å². The molecule has 1 aromatic heterocycles. The monoisotopic (exact) mass is 331 g/mol. The van der Waals surface area contributed by atoms with Gasteiger partial charge in [0.2, 0.25) is 10.2 Å². The van der Waals surface area contributed by atoms with Gasteiger partial charge >= 0.3 is 0 Å². The van der Waals surface area contributed by atoms with Gasteiger partial charge in [-0.15, -0.1) is 0 Å². The molecule has 3 N–H and O–H groups in total. The van der Waals surface area contributed by atoms with Crippen LogP contribution in [0.4, 0.5) is 5.00 Å². The Labute approximate surface area is 127 Å². The highest BCUT2D eigenvalue weighted by Gasteiger charge is 2.14. The molecule has 1 rings (SSSR count). The van der Waals surface area contributed by atoms with E-state index in [9.17, 15) is 13.2 Å². The van der Waals surface area contributed by atoms with Crippen molar-refractivity contribution in [3.05, 3.63) is 18.0 Å². The van der Waals surface area contributed by atoms with Gasteiger partial charge in [0, 0.05) is 13.5 Å². The first-order chi connectivity index (χ1) is 9.86. The Morgan fingerprint density at radius 3 is 2.76 bits per heavy atom. The Morgan fingerprint density at radius 2 is 2.24 bits per heavy atom. The topological polar surface area (TPSA) is 127 Å². The van der Waals surface area contributed by atoms with Crippen LogP contribution in [0, 0.1) is 0 Å². The first-order valence-electron chi connectivity index (χ1n) is 6.10. The van der Waals surface area contributed by atoms with Gasteiger partial charge in [-0.1, -0.05) is 17.4 Å². The summed E-state index contributed by atoms with van der Waals surface area (Å²) in [5, 5.41) is 15.5. The van der Waals surface area contributed by atoms with E-state index < -0.39 is 10.0 Å². The molecule has 0 aliphatic carbocycles. The molecule has 1 heterocycles. The van der Waals surface area contributed by atoms with Crippen molar-refractivity contribution < 1.29 is 13.2 Å². The number of carbonyl (C=O) groups is 1. The van der Waals surface area contributed by atoms with E-state index in [0.29, 0.717) is 24.3 Å². The fraction of sp³-hybridized carbons (Fsp3) is 0.455. The molecular weight excluding hydrogens is 314 g/mol. The van der Waals surface area contributed by atoms with Crippen LogP contribution in [0.5, 0.6) is 0 Å². The molecule has 0 saturated carbocycles. The molecule has 10 heteroatoms. The van der Waals surface area contributed by atoms with Gasteiger partial charge in [0.25, 0.3) is 10.0 Å². The number of primary sulfonamides is 1. The smallest absolute Gasteiger partial charge is 0.265 e. The predicted molar refractivity (Wildman–Crippen MR) is 80.5 cm³/mol. The summed E-state index contributed by atoms with van der Waals surface area (Å²) in [6.07, 6.45) is 4.66. The lowest BCUT2D eigenvalue weighted by Gasteiger charge is -2.02. The number of allylic oxidation sites excluding steroid dienone is 2. The van der Waals surface area contributed by atoms with Crippen LogP contribution in [0.3, 0.4) is 0 Å². The van der Waals surface area contributed by atoms with Gasteiger partial charge in [0.1, 0.15) is 5.00 Å². The number of nitrogens with two attached hydrogens (primary N) is 1. The van der Waals surface area contributed by atoms with E-state index in [2.05, 4.69) is 20.5 Å². The SMILES string of the molecule is C/C=C(/CCCC(=O)Nc1cnc(S(N)(=O)=O)s1)N=NC. The quantitative estimate of drug-likeness (QED) is 0.739. The number of hydrogen-bond donors (Lipinski definition) is 2. The zero-order valence-corrected chi connectivity index (χ0v) is 13.4. The summed E-state index contributed by atoms with van der Waals surface area (Å²) < 4.78 is 21.9. The summed E-state index contributed by atoms with van der Waals surface area (Å²) in [5.41, 5.74) is 0.819. The van der Waals surface area contributed by atoms with Crippen LogP contribution < -0.4 is 10.5 Å². The van der Waals surface area contributed by atoms with Crippen LogP contribution in [0.1, 0.15) is 26.2 Å². The number of nitrogens with one attached hydrogen (secondary N) is 1. The van der Waals surface area contributed by atoms with Gasteiger partial charge in [0.15, 0.2) is 0 Å². The number of thiazole rings is 1. The summed E-state index contributed by atoms with van der Waals surface area (Å²) in [4.78, 5) is 15.4. The Kier molecular flexibility index (Phi) is 6.59. The van der Waals surface area contributed by atoms with E-state index in [1.807, 2.05) is 13.0 Å². The fourth-order valence-electron chi connectivity index (χ4n) is 1.46. The Balaban J connectivity index is 2.46. The number of hydrogen-bond acceptors (Lipinski definition) is 7. The lowest BCUT2D eigenvalue weighted by Crippen LogP contribution is -2.11. The van der Waals surface area contributed by atoms with E-state index in [-0.39, 0.29) is 10.2 Å². The second-order valence-electron chi connectivity index (χ2n) is 4.02. The number of sulfonamides is 1. The first-order valence-corrected chi connectivity index (χ1v) is 8.46. The van der Waals surface area contributed by atoms with Crippen molar-refractivity contribution in [1.29, 1.82) is 0 Å². The zero-order chi connectivity index (χ0) is 15.9. The van der Waals surface area contributed by atoms with Gasteiger partial charge in [-0.2, -0.15) is 10.2 Å². The molecule has 0 unspecified atom stereocenters. The van der Waals surface area contributed by atoms with Crippen LogP contribution in [0.15, 0.2) is 32.5 Å². The fourth-order valence-corrected chi connectivity index (χ4v) is 2.96. The molecule has 0 spiro atoms. The number of carbonyl (C=O) groups excluding carboxylic acids is 1. The second kappa shape index (κ2) is 7.96. The lowest BCUT2D eigenvalue weighted by molar-refractivity contribution is -0.116. The summed E-state index contributed by atoms with van der Waals surface area (Å²) in [7, 11) is -2.24.